The van der Waals surface area contributed by atoms with Gasteiger partial charge in [0.2, 0.25) is 0 Å². The fraction of sp³-hybridized carbons (Fsp3) is 0.300. The molecule has 1 fully saturated rings. The van der Waals surface area contributed by atoms with Gasteiger partial charge in [-0.15, -0.1) is 0 Å². The number of benzene rings is 3. The Morgan fingerprint density at radius 3 is 2.00 bits per heavy atom. The van der Waals surface area contributed by atoms with E-state index in [9.17, 15) is 4.79 Å². The zero-order valence-corrected chi connectivity index (χ0v) is 23.4. The number of hydrogen-bond donors (Lipinski definition) is 1. The lowest BCUT2D eigenvalue weighted by molar-refractivity contribution is 0.00578. The van der Waals surface area contributed by atoms with Crippen molar-refractivity contribution in [3.63, 3.8) is 0 Å². The second-order valence-corrected chi connectivity index (χ2v) is 11.6. The number of halogens is 2. The van der Waals surface area contributed by atoms with Crippen LogP contribution in [-0.4, -0.2) is 37.6 Å². The molecule has 1 aliphatic carbocycles. The van der Waals surface area contributed by atoms with Crippen molar-refractivity contribution in [3.05, 3.63) is 98.9 Å². The highest BCUT2D eigenvalue weighted by Gasteiger charge is 2.52. The van der Waals surface area contributed by atoms with Gasteiger partial charge in [-0.3, -0.25) is 0 Å². The van der Waals surface area contributed by atoms with E-state index >= 15 is 0 Å². The quantitative estimate of drug-likeness (QED) is 0.322. The van der Waals surface area contributed by atoms with Crippen LogP contribution in [0.5, 0.6) is 0 Å². The van der Waals surface area contributed by atoms with E-state index in [1.807, 2.05) is 58.0 Å². The van der Waals surface area contributed by atoms with Gasteiger partial charge in [0, 0.05) is 22.5 Å². The van der Waals surface area contributed by atoms with E-state index in [-0.39, 0.29) is 19.1 Å². The third-order valence-corrected chi connectivity index (χ3v) is 8.01. The monoisotopic (exact) mass is 549 g/mol. The molecule has 0 saturated carbocycles. The highest BCUT2D eigenvalue weighted by atomic mass is 35.5. The molecule has 3 aromatic rings. The largest absolute Gasteiger partial charge is 0.492 e. The molecule has 196 valence electrons. The van der Waals surface area contributed by atoms with Crippen LogP contribution in [0.25, 0.3) is 17.2 Å². The highest BCUT2D eigenvalue weighted by molar-refractivity contribution is 6.56. The topological polar surface area (TPSA) is 56.8 Å². The van der Waals surface area contributed by atoms with E-state index < -0.39 is 24.4 Å². The number of carbonyl (C=O) groups excluding carboxylic acids is 1. The molecule has 0 radical (unpaired) electrons. The average Bonchev–Trinajstić information content (AvgIpc) is 3.29. The van der Waals surface area contributed by atoms with E-state index in [2.05, 4.69) is 29.6 Å². The Bertz CT molecular complexity index is 1320. The van der Waals surface area contributed by atoms with Crippen molar-refractivity contribution in [2.45, 2.75) is 44.8 Å². The molecule has 1 N–H and O–H groups in total. The molecule has 38 heavy (non-hydrogen) atoms. The van der Waals surface area contributed by atoms with Crippen LogP contribution >= 0.6 is 23.2 Å². The van der Waals surface area contributed by atoms with Crippen LogP contribution in [0, 0.1) is 0 Å². The fourth-order valence-electron chi connectivity index (χ4n) is 4.89. The van der Waals surface area contributed by atoms with Gasteiger partial charge in [-0.25, -0.2) is 4.79 Å². The SMILES string of the molecule is CC1(C)OB(C(=Cc2cc(Cl)cc(Cl)c2)CNC(=O)OCC2c3ccccc3-c3ccccc32)OC1(C)C. The van der Waals surface area contributed by atoms with E-state index in [0.29, 0.717) is 10.0 Å². The Balaban J connectivity index is 1.31. The Morgan fingerprint density at radius 1 is 0.921 bits per heavy atom. The summed E-state index contributed by atoms with van der Waals surface area (Å²) in [5.74, 6) is -0.0140. The first kappa shape index (κ1) is 26.8. The van der Waals surface area contributed by atoms with Crippen LogP contribution < -0.4 is 5.32 Å². The third kappa shape index (κ3) is 5.36. The molecular formula is C30H30BCl2NO4. The standard InChI is InChI=1S/C30H30BCl2NO4/c1-29(2)30(3,4)38-31(37-29)20(13-19-14-21(32)16-22(33)15-19)17-34-28(35)36-18-27-25-11-7-5-9-23(25)24-10-6-8-12-26(24)27/h5-16,27H,17-18H2,1-4H3,(H,34,35). The van der Waals surface area contributed by atoms with Crippen molar-refractivity contribution >= 4 is 42.5 Å². The minimum absolute atomic E-state index is 0.0140. The number of carbonyl (C=O) groups is 1. The van der Waals surface area contributed by atoms with Crippen molar-refractivity contribution in [1.82, 2.24) is 5.32 Å². The molecular weight excluding hydrogens is 520 g/mol. The first-order chi connectivity index (χ1) is 18.0. The summed E-state index contributed by atoms with van der Waals surface area (Å²) < 4.78 is 18.2. The van der Waals surface area contributed by atoms with Crippen molar-refractivity contribution in [2.24, 2.45) is 0 Å². The number of fused-ring (bicyclic) bond motifs is 3. The Labute approximate surface area is 234 Å². The minimum atomic E-state index is -0.661. The third-order valence-electron chi connectivity index (χ3n) is 7.57. The summed E-state index contributed by atoms with van der Waals surface area (Å²) in [6.45, 7) is 8.34. The second-order valence-electron chi connectivity index (χ2n) is 10.7. The maximum Gasteiger partial charge on any atom is 0.492 e. The first-order valence-corrected chi connectivity index (χ1v) is 13.4. The van der Waals surface area contributed by atoms with Gasteiger partial charge in [-0.2, -0.15) is 0 Å². The van der Waals surface area contributed by atoms with Crippen molar-refractivity contribution in [3.8, 4) is 11.1 Å². The second kappa shape index (κ2) is 10.4. The Hall–Kier alpha value is -2.77. The maximum atomic E-state index is 12.9. The molecule has 8 heteroatoms. The normalized spacial score (nSPS) is 17.7. The summed E-state index contributed by atoms with van der Waals surface area (Å²) in [7, 11) is -0.661. The summed E-state index contributed by atoms with van der Waals surface area (Å²) in [6.07, 6.45) is 1.36. The van der Waals surface area contributed by atoms with Gasteiger partial charge in [-0.1, -0.05) is 77.8 Å². The lowest BCUT2D eigenvalue weighted by atomic mass is 9.77. The zero-order valence-electron chi connectivity index (χ0n) is 21.9. The highest BCUT2D eigenvalue weighted by Crippen LogP contribution is 2.44. The van der Waals surface area contributed by atoms with Crippen LogP contribution in [0.3, 0.4) is 0 Å². The molecule has 1 saturated heterocycles. The van der Waals surface area contributed by atoms with Crippen LogP contribution in [0.2, 0.25) is 10.0 Å². The lowest BCUT2D eigenvalue weighted by Crippen LogP contribution is -2.41. The number of alkyl carbamates (subject to hydrolysis) is 1. The number of hydrogen-bond acceptors (Lipinski definition) is 4. The summed E-state index contributed by atoms with van der Waals surface area (Å²) in [4.78, 5) is 12.9. The number of amides is 1. The summed E-state index contributed by atoms with van der Waals surface area (Å²) in [5.41, 5.74) is 5.12. The molecule has 0 aromatic heterocycles. The maximum absolute atomic E-state index is 12.9. The van der Waals surface area contributed by atoms with Gasteiger partial charge in [0.1, 0.15) is 6.61 Å². The summed E-state index contributed by atoms with van der Waals surface area (Å²) in [5, 5.41) is 3.91. The average molecular weight is 550 g/mol. The number of ether oxygens (including phenoxy) is 1. The van der Waals surface area contributed by atoms with Crippen LogP contribution in [-0.2, 0) is 14.0 Å². The Morgan fingerprint density at radius 2 is 1.45 bits per heavy atom. The molecule has 1 aliphatic heterocycles. The predicted octanol–water partition coefficient (Wildman–Crippen LogP) is 7.55. The molecule has 2 aliphatic rings. The smallest absolute Gasteiger partial charge is 0.449 e. The predicted molar refractivity (Wildman–Crippen MR) is 154 cm³/mol. The number of rotatable bonds is 6. The molecule has 1 amide bonds. The van der Waals surface area contributed by atoms with Gasteiger partial charge >= 0.3 is 13.2 Å². The lowest BCUT2D eigenvalue weighted by Gasteiger charge is -2.32. The van der Waals surface area contributed by atoms with Gasteiger partial charge in [0.25, 0.3) is 0 Å². The number of nitrogens with one attached hydrogen (secondary N) is 1. The van der Waals surface area contributed by atoms with E-state index in [0.717, 1.165) is 22.2 Å². The molecule has 5 rings (SSSR count). The molecule has 0 unspecified atom stereocenters. The van der Waals surface area contributed by atoms with Crippen molar-refractivity contribution < 1.29 is 18.8 Å². The minimum Gasteiger partial charge on any atom is -0.449 e. The van der Waals surface area contributed by atoms with E-state index in [1.165, 1.54) is 11.1 Å². The van der Waals surface area contributed by atoms with Crippen molar-refractivity contribution in [2.75, 3.05) is 13.2 Å². The molecule has 5 nitrogen and oxygen atoms in total. The zero-order chi connectivity index (χ0) is 27.1. The fourth-order valence-corrected chi connectivity index (χ4v) is 5.44. The van der Waals surface area contributed by atoms with E-state index in [4.69, 9.17) is 37.2 Å². The van der Waals surface area contributed by atoms with E-state index in [1.54, 1.807) is 18.2 Å². The van der Waals surface area contributed by atoms with Gasteiger partial charge in [-0.05, 0) is 79.2 Å². The van der Waals surface area contributed by atoms with Gasteiger partial charge < -0.3 is 19.4 Å². The van der Waals surface area contributed by atoms with Gasteiger partial charge in [0.05, 0.1) is 11.2 Å². The van der Waals surface area contributed by atoms with Crippen molar-refractivity contribution in [1.29, 1.82) is 0 Å². The molecule has 0 spiro atoms. The molecule has 1 heterocycles. The summed E-state index contributed by atoms with van der Waals surface area (Å²) >= 11 is 12.4. The molecule has 3 aromatic carbocycles. The molecule has 0 atom stereocenters. The summed E-state index contributed by atoms with van der Waals surface area (Å²) in [6, 6.07) is 21.8. The van der Waals surface area contributed by atoms with Crippen LogP contribution in [0.4, 0.5) is 4.79 Å². The van der Waals surface area contributed by atoms with Crippen LogP contribution in [0.15, 0.2) is 72.2 Å². The van der Waals surface area contributed by atoms with Crippen LogP contribution in [0.1, 0.15) is 50.3 Å². The van der Waals surface area contributed by atoms with Gasteiger partial charge in [0.15, 0.2) is 0 Å². The Kier molecular flexibility index (Phi) is 7.36. The first-order valence-electron chi connectivity index (χ1n) is 12.7. The molecule has 0 bridgehead atoms.